The van der Waals surface area contributed by atoms with Gasteiger partial charge >= 0.3 is 0 Å². The molecule has 1 aliphatic rings. The zero-order valence-corrected chi connectivity index (χ0v) is 7.60. The zero-order chi connectivity index (χ0) is 8.32. The molecule has 0 amide bonds. The number of ether oxygens (including phenoxy) is 1. The molecule has 0 aliphatic carbocycles. The zero-order valence-electron chi connectivity index (χ0n) is 7.60. The highest BCUT2D eigenvalue weighted by atomic mass is 16.6. The third kappa shape index (κ3) is 3.06. The van der Waals surface area contributed by atoms with Crippen molar-refractivity contribution in [3.05, 3.63) is 12.7 Å². The van der Waals surface area contributed by atoms with Gasteiger partial charge in [0.2, 0.25) is 0 Å². The SMILES string of the molecule is C=CC(C)CCCC1(C)CO1. The van der Waals surface area contributed by atoms with E-state index in [1.165, 1.54) is 19.3 Å². The van der Waals surface area contributed by atoms with E-state index in [0.717, 1.165) is 6.61 Å². The summed E-state index contributed by atoms with van der Waals surface area (Å²) in [4.78, 5) is 0. The van der Waals surface area contributed by atoms with E-state index in [0.29, 0.717) is 5.92 Å². The first kappa shape index (κ1) is 8.79. The van der Waals surface area contributed by atoms with Crippen molar-refractivity contribution in [3.8, 4) is 0 Å². The van der Waals surface area contributed by atoms with Crippen LogP contribution < -0.4 is 0 Å². The van der Waals surface area contributed by atoms with E-state index in [4.69, 9.17) is 4.74 Å². The van der Waals surface area contributed by atoms with E-state index >= 15 is 0 Å². The Bertz CT molecular complexity index is 136. The third-order valence-corrected chi connectivity index (χ3v) is 2.40. The molecular formula is C10H18O. The van der Waals surface area contributed by atoms with E-state index in [9.17, 15) is 0 Å². The van der Waals surface area contributed by atoms with Gasteiger partial charge in [0.05, 0.1) is 12.2 Å². The van der Waals surface area contributed by atoms with Crippen LogP contribution in [0.4, 0.5) is 0 Å². The fourth-order valence-corrected chi connectivity index (χ4v) is 1.18. The Morgan fingerprint density at radius 2 is 2.36 bits per heavy atom. The van der Waals surface area contributed by atoms with Crippen molar-refractivity contribution in [2.24, 2.45) is 5.92 Å². The quantitative estimate of drug-likeness (QED) is 0.438. The summed E-state index contributed by atoms with van der Waals surface area (Å²) in [5.41, 5.74) is 0.251. The van der Waals surface area contributed by atoms with Crippen LogP contribution in [0, 0.1) is 5.92 Å². The molecule has 1 heteroatoms. The average molecular weight is 154 g/mol. The minimum atomic E-state index is 0.251. The van der Waals surface area contributed by atoms with E-state index in [1.807, 2.05) is 6.08 Å². The first-order chi connectivity index (χ1) is 5.16. The molecule has 64 valence electrons. The molecular weight excluding hydrogens is 136 g/mol. The highest BCUT2D eigenvalue weighted by Crippen LogP contribution is 2.32. The number of hydrogen-bond acceptors (Lipinski definition) is 1. The van der Waals surface area contributed by atoms with Gasteiger partial charge in [0.15, 0.2) is 0 Å². The monoisotopic (exact) mass is 154 g/mol. The van der Waals surface area contributed by atoms with Crippen LogP contribution in [0.2, 0.25) is 0 Å². The van der Waals surface area contributed by atoms with Crippen LogP contribution in [0.25, 0.3) is 0 Å². The van der Waals surface area contributed by atoms with Crippen molar-refractivity contribution in [2.75, 3.05) is 6.61 Å². The molecule has 0 bridgehead atoms. The smallest absolute Gasteiger partial charge is 0.0888 e. The van der Waals surface area contributed by atoms with Crippen molar-refractivity contribution in [1.29, 1.82) is 0 Å². The maximum Gasteiger partial charge on any atom is 0.0888 e. The lowest BCUT2D eigenvalue weighted by Crippen LogP contribution is -2.04. The molecule has 0 radical (unpaired) electrons. The summed E-state index contributed by atoms with van der Waals surface area (Å²) in [5.74, 6) is 0.664. The van der Waals surface area contributed by atoms with Gasteiger partial charge < -0.3 is 4.74 Å². The van der Waals surface area contributed by atoms with Crippen molar-refractivity contribution in [1.82, 2.24) is 0 Å². The van der Waals surface area contributed by atoms with E-state index in [2.05, 4.69) is 20.4 Å². The Hall–Kier alpha value is -0.300. The van der Waals surface area contributed by atoms with Crippen LogP contribution >= 0.6 is 0 Å². The fourth-order valence-electron chi connectivity index (χ4n) is 1.18. The van der Waals surface area contributed by atoms with Gasteiger partial charge in [0.25, 0.3) is 0 Å². The first-order valence-corrected chi connectivity index (χ1v) is 4.43. The Labute approximate surface area is 69.4 Å². The number of hydrogen-bond donors (Lipinski definition) is 0. The van der Waals surface area contributed by atoms with E-state index < -0.39 is 0 Å². The minimum Gasteiger partial charge on any atom is -0.370 e. The standard InChI is InChI=1S/C10H18O/c1-4-9(2)6-5-7-10(3)8-11-10/h4,9H,1,5-8H2,2-3H3. The van der Waals surface area contributed by atoms with Crippen molar-refractivity contribution >= 4 is 0 Å². The maximum atomic E-state index is 5.29. The van der Waals surface area contributed by atoms with Gasteiger partial charge in [-0.1, -0.05) is 13.0 Å². The summed E-state index contributed by atoms with van der Waals surface area (Å²) in [5, 5.41) is 0. The van der Waals surface area contributed by atoms with Crippen molar-refractivity contribution in [2.45, 2.75) is 38.7 Å². The van der Waals surface area contributed by atoms with Crippen LogP contribution in [0.5, 0.6) is 0 Å². The topological polar surface area (TPSA) is 12.5 Å². The van der Waals surface area contributed by atoms with Gasteiger partial charge in [-0.25, -0.2) is 0 Å². The number of allylic oxidation sites excluding steroid dienone is 1. The lowest BCUT2D eigenvalue weighted by molar-refractivity contribution is 0.299. The molecule has 1 nitrogen and oxygen atoms in total. The molecule has 0 spiro atoms. The Balaban J connectivity index is 2.00. The predicted octanol–water partition coefficient (Wildman–Crippen LogP) is 2.77. The van der Waals surface area contributed by atoms with E-state index in [1.54, 1.807) is 0 Å². The van der Waals surface area contributed by atoms with Gasteiger partial charge in [-0.3, -0.25) is 0 Å². The second kappa shape index (κ2) is 3.40. The summed E-state index contributed by atoms with van der Waals surface area (Å²) in [6.07, 6.45) is 5.76. The molecule has 0 aromatic rings. The molecule has 0 saturated carbocycles. The Kier molecular flexibility index (Phi) is 2.72. The fraction of sp³-hybridized carbons (Fsp3) is 0.800. The summed E-state index contributed by atoms with van der Waals surface area (Å²) in [7, 11) is 0. The second-order valence-corrected chi connectivity index (χ2v) is 3.84. The molecule has 0 aromatic heterocycles. The Morgan fingerprint density at radius 3 is 2.82 bits per heavy atom. The normalized spacial score (nSPS) is 31.5. The first-order valence-electron chi connectivity index (χ1n) is 4.43. The lowest BCUT2D eigenvalue weighted by atomic mass is 9.99. The van der Waals surface area contributed by atoms with Crippen LogP contribution in [-0.4, -0.2) is 12.2 Å². The summed E-state index contributed by atoms with van der Waals surface area (Å²) in [6, 6.07) is 0. The maximum absolute atomic E-state index is 5.29. The third-order valence-electron chi connectivity index (χ3n) is 2.40. The van der Waals surface area contributed by atoms with Crippen LogP contribution in [0.3, 0.4) is 0 Å². The molecule has 2 atom stereocenters. The molecule has 11 heavy (non-hydrogen) atoms. The summed E-state index contributed by atoms with van der Waals surface area (Å²) in [6.45, 7) is 9.13. The second-order valence-electron chi connectivity index (χ2n) is 3.84. The molecule has 0 N–H and O–H groups in total. The molecule has 1 heterocycles. The van der Waals surface area contributed by atoms with Crippen molar-refractivity contribution in [3.63, 3.8) is 0 Å². The predicted molar refractivity (Wildman–Crippen MR) is 47.6 cm³/mol. The number of epoxide rings is 1. The number of rotatable bonds is 5. The highest BCUT2D eigenvalue weighted by molar-refractivity contribution is 4.87. The summed E-state index contributed by atoms with van der Waals surface area (Å²) < 4.78 is 5.29. The van der Waals surface area contributed by atoms with Gasteiger partial charge in [-0.05, 0) is 32.1 Å². The summed E-state index contributed by atoms with van der Waals surface area (Å²) >= 11 is 0. The van der Waals surface area contributed by atoms with Crippen LogP contribution in [0.15, 0.2) is 12.7 Å². The van der Waals surface area contributed by atoms with Gasteiger partial charge in [-0.15, -0.1) is 6.58 Å². The molecule has 2 unspecified atom stereocenters. The van der Waals surface area contributed by atoms with Crippen LogP contribution in [0.1, 0.15) is 33.1 Å². The molecule has 1 saturated heterocycles. The average Bonchev–Trinajstić information content (AvgIpc) is 2.68. The Morgan fingerprint density at radius 1 is 1.73 bits per heavy atom. The minimum absolute atomic E-state index is 0.251. The van der Waals surface area contributed by atoms with E-state index in [-0.39, 0.29) is 5.60 Å². The van der Waals surface area contributed by atoms with Crippen molar-refractivity contribution < 1.29 is 4.74 Å². The largest absolute Gasteiger partial charge is 0.370 e. The van der Waals surface area contributed by atoms with Gasteiger partial charge in [0.1, 0.15) is 0 Å². The van der Waals surface area contributed by atoms with Gasteiger partial charge in [0, 0.05) is 0 Å². The highest BCUT2D eigenvalue weighted by Gasteiger charge is 2.38. The molecule has 0 aromatic carbocycles. The van der Waals surface area contributed by atoms with Gasteiger partial charge in [-0.2, -0.15) is 0 Å². The van der Waals surface area contributed by atoms with Crippen LogP contribution in [-0.2, 0) is 4.74 Å². The lowest BCUT2D eigenvalue weighted by Gasteiger charge is -2.06. The molecule has 1 fully saturated rings. The molecule has 1 rings (SSSR count). The molecule has 1 aliphatic heterocycles.